The Bertz CT molecular complexity index is 865. The van der Waals surface area contributed by atoms with Gasteiger partial charge in [0.05, 0.1) is 17.4 Å². The number of piperidine rings is 1. The lowest BCUT2D eigenvalue weighted by atomic mass is 9.99. The molecule has 0 unspecified atom stereocenters. The van der Waals surface area contributed by atoms with Gasteiger partial charge in [-0.2, -0.15) is 0 Å². The quantitative estimate of drug-likeness (QED) is 0.794. The van der Waals surface area contributed by atoms with Gasteiger partial charge in [0.15, 0.2) is 0 Å². The summed E-state index contributed by atoms with van der Waals surface area (Å²) in [7, 11) is 0. The molecule has 1 aromatic heterocycles. The Morgan fingerprint density at radius 2 is 1.66 bits per heavy atom. The summed E-state index contributed by atoms with van der Waals surface area (Å²) in [5.41, 5.74) is 5.82. The Kier molecular flexibility index (Phi) is 5.74. The van der Waals surface area contributed by atoms with E-state index in [2.05, 4.69) is 53.8 Å². The number of benzene rings is 1. The number of nitrogens with zero attached hydrogens (tertiary/aromatic N) is 4. The van der Waals surface area contributed by atoms with E-state index in [9.17, 15) is 4.79 Å². The fourth-order valence-corrected chi connectivity index (χ4v) is 4.40. The van der Waals surface area contributed by atoms with Crippen molar-refractivity contribution in [3.63, 3.8) is 0 Å². The molecule has 29 heavy (non-hydrogen) atoms. The minimum atomic E-state index is 0.125. The van der Waals surface area contributed by atoms with Crippen LogP contribution in [0.4, 0.5) is 11.4 Å². The summed E-state index contributed by atoms with van der Waals surface area (Å²) in [5.74, 6) is 0.845. The Morgan fingerprint density at radius 3 is 2.38 bits per heavy atom. The minimum Gasteiger partial charge on any atom is -0.368 e. The minimum absolute atomic E-state index is 0.125. The summed E-state index contributed by atoms with van der Waals surface area (Å²) < 4.78 is 0. The second-order valence-corrected chi connectivity index (χ2v) is 8.60. The summed E-state index contributed by atoms with van der Waals surface area (Å²) in [6.45, 7) is 12.2. The average Bonchev–Trinajstić information content (AvgIpc) is 2.76. The molecule has 154 valence electrons. The van der Waals surface area contributed by atoms with Crippen molar-refractivity contribution in [2.75, 3.05) is 49.1 Å². The second-order valence-electron chi connectivity index (χ2n) is 8.60. The summed E-state index contributed by atoms with van der Waals surface area (Å²) in [6, 6.07) is 8.57. The van der Waals surface area contributed by atoms with Crippen LogP contribution in [0.5, 0.6) is 0 Å². The fourth-order valence-electron chi connectivity index (χ4n) is 4.40. The lowest BCUT2D eigenvalue weighted by Crippen LogP contribution is -2.47. The smallest absolute Gasteiger partial charge is 0.255 e. The van der Waals surface area contributed by atoms with Crippen LogP contribution in [0.15, 0.2) is 36.7 Å². The van der Waals surface area contributed by atoms with Crippen LogP contribution in [0, 0.1) is 19.8 Å². The van der Waals surface area contributed by atoms with Crippen LogP contribution in [0.2, 0.25) is 0 Å². The maximum Gasteiger partial charge on any atom is 0.255 e. The highest BCUT2D eigenvalue weighted by molar-refractivity contribution is 5.94. The molecule has 0 N–H and O–H groups in total. The van der Waals surface area contributed by atoms with Gasteiger partial charge in [0, 0.05) is 51.2 Å². The maximum atomic E-state index is 12.9. The van der Waals surface area contributed by atoms with E-state index in [1.807, 2.05) is 17.2 Å². The van der Waals surface area contributed by atoms with Gasteiger partial charge in [-0.25, -0.2) is 0 Å². The first-order chi connectivity index (χ1) is 14.0. The number of hydrogen-bond acceptors (Lipinski definition) is 4. The van der Waals surface area contributed by atoms with Crippen molar-refractivity contribution in [1.82, 2.24) is 9.88 Å². The SMILES string of the molecule is Cc1cccc(N2CCN(c3cncc(C(=O)N4CCC(C)CC4)c3)CC2)c1C. The van der Waals surface area contributed by atoms with Crippen LogP contribution in [0.3, 0.4) is 0 Å². The van der Waals surface area contributed by atoms with Gasteiger partial charge < -0.3 is 14.7 Å². The number of anilines is 2. The van der Waals surface area contributed by atoms with Crippen LogP contribution in [-0.2, 0) is 0 Å². The standard InChI is InChI=1S/C24H32N4O/c1-18-7-9-28(10-8-18)24(29)21-15-22(17-25-16-21)26-11-13-27(14-12-26)23-6-4-5-19(2)20(23)3/h4-6,15-18H,7-14H2,1-3H3. The van der Waals surface area contributed by atoms with E-state index in [0.717, 1.165) is 63.7 Å². The lowest BCUT2D eigenvalue weighted by Gasteiger charge is -2.38. The molecule has 5 heteroatoms. The number of likely N-dealkylation sites (tertiary alicyclic amines) is 1. The first-order valence-electron chi connectivity index (χ1n) is 10.8. The van der Waals surface area contributed by atoms with Gasteiger partial charge in [-0.3, -0.25) is 9.78 Å². The number of amides is 1. The van der Waals surface area contributed by atoms with Crippen LogP contribution in [0.25, 0.3) is 0 Å². The van der Waals surface area contributed by atoms with Crippen LogP contribution >= 0.6 is 0 Å². The number of pyridine rings is 1. The highest BCUT2D eigenvalue weighted by Gasteiger charge is 2.23. The molecule has 2 saturated heterocycles. The second kappa shape index (κ2) is 8.44. The summed E-state index contributed by atoms with van der Waals surface area (Å²) >= 11 is 0. The summed E-state index contributed by atoms with van der Waals surface area (Å²) in [4.78, 5) is 24.1. The predicted octanol–water partition coefficient (Wildman–Crippen LogP) is 3.90. The average molecular weight is 393 g/mol. The molecule has 0 bridgehead atoms. The number of aryl methyl sites for hydroxylation is 1. The third-order valence-electron chi connectivity index (χ3n) is 6.60. The predicted molar refractivity (Wildman–Crippen MR) is 119 cm³/mol. The van der Waals surface area contributed by atoms with Crippen LogP contribution < -0.4 is 9.80 Å². The number of piperazine rings is 1. The Morgan fingerprint density at radius 1 is 0.966 bits per heavy atom. The molecule has 3 heterocycles. The van der Waals surface area contributed by atoms with Gasteiger partial charge in [-0.05, 0) is 55.9 Å². The number of aromatic nitrogens is 1. The third-order valence-corrected chi connectivity index (χ3v) is 6.60. The first kappa shape index (κ1) is 19.7. The molecule has 0 aliphatic carbocycles. The molecule has 1 amide bonds. The number of rotatable bonds is 3. The number of carbonyl (C=O) groups is 1. The molecule has 2 aliphatic heterocycles. The molecule has 0 spiro atoms. The molecule has 2 aliphatic rings. The zero-order valence-corrected chi connectivity index (χ0v) is 17.9. The van der Waals surface area contributed by atoms with E-state index >= 15 is 0 Å². The molecular weight excluding hydrogens is 360 g/mol. The first-order valence-corrected chi connectivity index (χ1v) is 10.8. The molecular formula is C24H32N4O. The third kappa shape index (κ3) is 4.24. The highest BCUT2D eigenvalue weighted by atomic mass is 16.2. The maximum absolute atomic E-state index is 12.9. The van der Waals surface area contributed by atoms with Gasteiger partial charge in [0.2, 0.25) is 0 Å². The summed E-state index contributed by atoms with van der Waals surface area (Å²) in [6.07, 6.45) is 5.80. The van der Waals surface area contributed by atoms with Crippen molar-refractivity contribution in [3.8, 4) is 0 Å². The normalized spacial score (nSPS) is 18.2. The molecule has 0 radical (unpaired) electrons. The van der Waals surface area contributed by atoms with E-state index in [-0.39, 0.29) is 5.91 Å². The van der Waals surface area contributed by atoms with Crippen molar-refractivity contribution in [2.24, 2.45) is 5.92 Å². The fraction of sp³-hybridized carbons (Fsp3) is 0.500. The zero-order valence-electron chi connectivity index (χ0n) is 17.9. The van der Waals surface area contributed by atoms with Crippen LogP contribution in [-0.4, -0.2) is 55.1 Å². The van der Waals surface area contributed by atoms with Crippen molar-refractivity contribution >= 4 is 17.3 Å². The zero-order chi connectivity index (χ0) is 20.4. The van der Waals surface area contributed by atoms with Gasteiger partial charge in [-0.15, -0.1) is 0 Å². The Hall–Kier alpha value is -2.56. The topological polar surface area (TPSA) is 39.7 Å². The van der Waals surface area contributed by atoms with Gasteiger partial charge in [-0.1, -0.05) is 19.1 Å². The van der Waals surface area contributed by atoms with Crippen molar-refractivity contribution in [1.29, 1.82) is 0 Å². The van der Waals surface area contributed by atoms with E-state index in [0.29, 0.717) is 5.56 Å². The van der Waals surface area contributed by atoms with E-state index in [4.69, 9.17) is 0 Å². The van der Waals surface area contributed by atoms with E-state index in [1.165, 1.54) is 16.8 Å². The molecule has 0 atom stereocenters. The molecule has 0 saturated carbocycles. The molecule has 2 aromatic rings. The molecule has 1 aromatic carbocycles. The molecule has 5 nitrogen and oxygen atoms in total. The largest absolute Gasteiger partial charge is 0.368 e. The molecule has 2 fully saturated rings. The monoisotopic (exact) mass is 392 g/mol. The van der Waals surface area contributed by atoms with Gasteiger partial charge in [0.1, 0.15) is 0 Å². The van der Waals surface area contributed by atoms with Crippen molar-refractivity contribution < 1.29 is 4.79 Å². The van der Waals surface area contributed by atoms with Crippen LogP contribution in [0.1, 0.15) is 41.3 Å². The van der Waals surface area contributed by atoms with Gasteiger partial charge in [0.25, 0.3) is 5.91 Å². The highest BCUT2D eigenvalue weighted by Crippen LogP contribution is 2.26. The Labute approximate surface area is 174 Å². The van der Waals surface area contributed by atoms with Crippen molar-refractivity contribution in [2.45, 2.75) is 33.6 Å². The summed E-state index contributed by atoms with van der Waals surface area (Å²) in [5, 5.41) is 0. The van der Waals surface area contributed by atoms with E-state index in [1.54, 1.807) is 6.20 Å². The molecule has 4 rings (SSSR count). The van der Waals surface area contributed by atoms with E-state index < -0.39 is 0 Å². The lowest BCUT2D eigenvalue weighted by molar-refractivity contribution is 0.0697. The van der Waals surface area contributed by atoms with Crippen molar-refractivity contribution in [3.05, 3.63) is 53.3 Å². The Balaban J connectivity index is 1.42. The number of hydrogen-bond donors (Lipinski definition) is 0. The number of carbonyl (C=O) groups excluding carboxylic acids is 1. The van der Waals surface area contributed by atoms with Gasteiger partial charge >= 0.3 is 0 Å².